The number of aliphatic imine (C=N–C) groups is 1. The van der Waals surface area contributed by atoms with Crippen LogP contribution in [-0.4, -0.2) is 65.2 Å². The maximum Gasteiger partial charge on any atom is 0.308 e. The lowest BCUT2D eigenvalue weighted by Crippen LogP contribution is -2.46. The summed E-state index contributed by atoms with van der Waals surface area (Å²) in [6.45, 7) is 4.91. The zero-order valence-electron chi connectivity index (χ0n) is 16.3. The maximum atomic E-state index is 11.7. The fourth-order valence-electron chi connectivity index (χ4n) is 3.13. The van der Waals surface area contributed by atoms with Gasteiger partial charge in [0.1, 0.15) is 5.69 Å². The molecule has 0 aromatic carbocycles. The topological polar surface area (TPSA) is 106 Å². The van der Waals surface area contributed by atoms with Gasteiger partial charge < -0.3 is 19.5 Å². The predicted molar refractivity (Wildman–Crippen MR) is 104 cm³/mol. The van der Waals surface area contributed by atoms with Crippen LogP contribution in [-0.2, 0) is 16.0 Å². The second-order valence-electron chi connectivity index (χ2n) is 6.50. The van der Waals surface area contributed by atoms with Gasteiger partial charge in [0.2, 0.25) is 0 Å². The Bertz CT molecular complexity index is 784. The molecule has 0 unspecified atom stereocenters. The summed E-state index contributed by atoms with van der Waals surface area (Å²) in [5, 5.41) is 7.32. The Labute approximate surface area is 164 Å². The monoisotopic (exact) mass is 386 g/mol. The Morgan fingerprint density at radius 1 is 1.39 bits per heavy atom. The van der Waals surface area contributed by atoms with E-state index in [1.807, 2.05) is 25.1 Å². The lowest BCUT2D eigenvalue weighted by atomic mass is 9.97. The Morgan fingerprint density at radius 2 is 2.21 bits per heavy atom. The highest BCUT2D eigenvalue weighted by Crippen LogP contribution is 2.18. The van der Waals surface area contributed by atoms with Gasteiger partial charge in [-0.2, -0.15) is 4.98 Å². The van der Waals surface area contributed by atoms with Crippen molar-refractivity contribution in [2.24, 2.45) is 10.9 Å². The van der Waals surface area contributed by atoms with Crippen LogP contribution in [0.4, 0.5) is 0 Å². The number of pyridine rings is 1. The average Bonchev–Trinajstić information content (AvgIpc) is 3.22. The first-order valence-electron chi connectivity index (χ1n) is 9.56. The van der Waals surface area contributed by atoms with E-state index in [9.17, 15) is 4.79 Å². The first-order valence-corrected chi connectivity index (χ1v) is 9.56. The lowest BCUT2D eigenvalue weighted by Gasteiger charge is -2.33. The number of piperidine rings is 1. The maximum absolute atomic E-state index is 11.7. The molecule has 28 heavy (non-hydrogen) atoms. The summed E-state index contributed by atoms with van der Waals surface area (Å²) in [6.07, 6.45) is 3.81. The van der Waals surface area contributed by atoms with E-state index < -0.39 is 0 Å². The second kappa shape index (κ2) is 9.82. The summed E-state index contributed by atoms with van der Waals surface area (Å²) in [5.74, 6) is 1.72. The van der Waals surface area contributed by atoms with Gasteiger partial charge in [-0.05, 0) is 31.9 Å². The highest BCUT2D eigenvalue weighted by molar-refractivity contribution is 5.80. The van der Waals surface area contributed by atoms with Crippen molar-refractivity contribution in [1.82, 2.24) is 25.3 Å². The molecule has 0 bridgehead atoms. The molecule has 1 aliphatic heterocycles. The molecule has 150 valence electrons. The minimum absolute atomic E-state index is 0.0199. The molecule has 1 aliphatic rings. The largest absolute Gasteiger partial charge is 0.469 e. The molecular weight excluding hydrogens is 360 g/mol. The number of aromatic nitrogens is 3. The molecule has 0 saturated carbocycles. The zero-order chi connectivity index (χ0) is 19.8. The van der Waals surface area contributed by atoms with Gasteiger partial charge in [0, 0.05) is 38.8 Å². The number of hydrogen-bond acceptors (Lipinski definition) is 7. The fraction of sp³-hybridized carbons (Fsp3) is 0.526. The third kappa shape index (κ3) is 5.05. The molecule has 2 aromatic heterocycles. The number of hydrogen-bond donors (Lipinski definition) is 1. The van der Waals surface area contributed by atoms with Gasteiger partial charge in [-0.3, -0.25) is 14.8 Å². The second-order valence-corrected chi connectivity index (χ2v) is 6.50. The molecule has 9 nitrogen and oxygen atoms in total. The molecule has 3 rings (SSSR count). The van der Waals surface area contributed by atoms with E-state index in [1.54, 1.807) is 6.20 Å². The molecule has 1 fully saturated rings. The van der Waals surface area contributed by atoms with Crippen LogP contribution in [0.5, 0.6) is 0 Å². The molecule has 9 heteroatoms. The Morgan fingerprint density at radius 3 is 2.89 bits per heavy atom. The number of nitrogens with zero attached hydrogens (tertiary/aromatic N) is 5. The first kappa shape index (κ1) is 19.8. The van der Waals surface area contributed by atoms with E-state index in [2.05, 4.69) is 30.3 Å². The van der Waals surface area contributed by atoms with Crippen molar-refractivity contribution in [1.29, 1.82) is 0 Å². The number of esters is 1. The summed E-state index contributed by atoms with van der Waals surface area (Å²) in [7, 11) is 1.44. The van der Waals surface area contributed by atoms with Gasteiger partial charge in [0.15, 0.2) is 11.8 Å². The summed E-state index contributed by atoms with van der Waals surface area (Å²) in [5.41, 5.74) is 0.659. The number of carbonyl (C=O) groups excluding carboxylic acids is 1. The van der Waals surface area contributed by atoms with Crippen molar-refractivity contribution in [3.8, 4) is 11.6 Å². The molecule has 0 amide bonds. The van der Waals surface area contributed by atoms with Gasteiger partial charge in [-0.25, -0.2) is 0 Å². The number of ether oxygens (including phenoxy) is 1. The van der Waals surface area contributed by atoms with Crippen molar-refractivity contribution >= 4 is 11.9 Å². The molecule has 2 aromatic rings. The van der Waals surface area contributed by atoms with E-state index in [-0.39, 0.29) is 11.9 Å². The number of methoxy groups -OCH3 is 1. The first-order chi connectivity index (χ1) is 13.7. The van der Waals surface area contributed by atoms with Crippen LogP contribution in [0, 0.1) is 5.92 Å². The standard InChI is InChI=1S/C19H26N6O3/c1-3-20-19(25-12-8-14(9-13-25)18(26)27-2)22-11-7-16-23-17(28-24-16)15-6-4-5-10-21-15/h4-6,10,14H,3,7-9,11-13H2,1-2H3,(H,20,22). The van der Waals surface area contributed by atoms with Gasteiger partial charge in [-0.1, -0.05) is 11.2 Å². The highest BCUT2D eigenvalue weighted by Gasteiger charge is 2.26. The van der Waals surface area contributed by atoms with Crippen LogP contribution < -0.4 is 5.32 Å². The average molecular weight is 386 g/mol. The molecule has 1 saturated heterocycles. The minimum atomic E-state index is -0.123. The SMILES string of the molecule is CCNC(=NCCc1noc(-c2ccccn2)n1)N1CCC(C(=O)OC)CC1. The molecule has 0 radical (unpaired) electrons. The number of carbonyl (C=O) groups is 1. The van der Waals surface area contributed by atoms with Gasteiger partial charge >= 0.3 is 5.97 Å². The molecule has 0 spiro atoms. The quantitative estimate of drug-likeness (QED) is 0.453. The number of guanidine groups is 1. The van der Waals surface area contributed by atoms with Crippen molar-refractivity contribution in [2.45, 2.75) is 26.2 Å². The summed E-state index contributed by atoms with van der Waals surface area (Å²) < 4.78 is 10.1. The Hall–Kier alpha value is -2.97. The number of nitrogens with one attached hydrogen (secondary N) is 1. The van der Waals surface area contributed by atoms with Crippen molar-refractivity contribution in [2.75, 3.05) is 33.3 Å². The lowest BCUT2D eigenvalue weighted by molar-refractivity contribution is -0.146. The van der Waals surface area contributed by atoms with Crippen LogP contribution >= 0.6 is 0 Å². The minimum Gasteiger partial charge on any atom is -0.469 e. The fourth-order valence-corrected chi connectivity index (χ4v) is 3.13. The normalized spacial score (nSPS) is 15.5. The Kier molecular flexibility index (Phi) is 6.94. The van der Waals surface area contributed by atoms with Crippen LogP contribution in [0.25, 0.3) is 11.6 Å². The third-order valence-electron chi connectivity index (χ3n) is 4.61. The van der Waals surface area contributed by atoms with Crippen molar-refractivity contribution in [3.05, 3.63) is 30.2 Å². The molecular formula is C19H26N6O3. The van der Waals surface area contributed by atoms with Crippen LogP contribution in [0.15, 0.2) is 33.9 Å². The molecule has 3 heterocycles. The van der Waals surface area contributed by atoms with E-state index in [1.165, 1.54) is 7.11 Å². The molecule has 0 atom stereocenters. The smallest absolute Gasteiger partial charge is 0.308 e. The summed E-state index contributed by atoms with van der Waals surface area (Å²) >= 11 is 0. The third-order valence-corrected chi connectivity index (χ3v) is 4.61. The van der Waals surface area contributed by atoms with Crippen LogP contribution in [0.2, 0.25) is 0 Å². The van der Waals surface area contributed by atoms with Crippen molar-refractivity contribution < 1.29 is 14.1 Å². The van der Waals surface area contributed by atoms with Gasteiger partial charge in [0.05, 0.1) is 13.0 Å². The predicted octanol–water partition coefficient (Wildman–Crippen LogP) is 1.52. The summed E-state index contributed by atoms with van der Waals surface area (Å²) in [6, 6.07) is 5.55. The van der Waals surface area contributed by atoms with Gasteiger partial charge in [-0.15, -0.1) is 0 Å². The van der Waals surface area contributed by atoms with E-state index in [4.69, 9.17) is 9.26 Å². The van der Waals surface area contributed by atoms with E-state index in [0.29, 0.717) is 30.4 Å². The van der Waals surface area contributed by atoms with Crippen molar-refractivity contribution in [3.63, 3.8) is 0 Å². The van der Waals surface area contributed by atoms with E-state index >= 15 is 0 Å². The number of likely N-dealkylation sites (tertiary alicyclic amines) is 1. The Balaban J connectivity index is 1.55. The van der Waals surface area contributed by atoms with E-state index in [0.717, 1.165) is 38.4 Å². The number of rotatable bonds is 6. The highest BCUT2D eigenvalue weighted by atomic mass is 16.5. The van der Waals surface area contributed by atoms with Crippen LogP contribution in [0.3, 0.4) is 0 Å². The van der Waals surface area contributed by atoms with Gasteiger partial charge in [0.25, 0.3) is 5.89 Å². The molecule has 0 aliphatic carbocycles. The molecule has 1 N–H and O–H groups in total. The zero-order valence-corrected chi connectivity index (χ0v) is 16.3. The summed E-state index contributed by atoms with van der Waals surface area (Å²) in [4.78, 5) is 27.1. The van der Waals surface area contributed by atoms with Crippen LogP contribution in [0.1, 0.15) is 25.6 Å².